The monoisotopic (exact) mass is 357 g/mol. The molecule has 0 fully saturated rings. The maximum Gasteiger partial charge on any atom is 0.263 e. The van der Waals surface area contributed by atoms with Gasteiger partial charge in [-0.05, 0) is 38.5 Å². The molecule has 3 aromatic rings. The number of aryl methyl sites for hydroxylation is 2. The normalized spacial score (nSPS) is 11.1. The van der Waals surface area contributed by atoms with E-state index in [4.69, 9.17) is 4.98 Å². The van der Waals surface area contributed by atoms with E-state index in [-0.39, 0.29) is 5.56 Å². The van der Waals surface area contributed by atoms with Crippen LogP contribution in [0.5, 0.6) is 0 Å². The summed E-state index contributed by atoms with van der Waals surface area (Å²) in [5.41, 5.74) is 2.94. The van der Waals surface area contributed by atoms with Crippen molar-refractivity contribution in [3.05, 3.63) is 63.0 Å². The predicted molar refractivity (Wildman–Crippen MR) is 102 cm³/mol. The van der Waals surface area contributed by atoms with Crippen LogP contribution in [0.2, 0.25) is 0 Å². The molecular formula is C18H19N3OS2. The van der Waals surface area contributed by atoms with Crippen molar-refractivity contribution >= 4 is 33.3 Å². The fourth-order valence-electron chi connectivity index (χ4n) is 2.40. The average Bonchev–Trinajstić information content (AvgIpc) is 2.84. The van der Waals surface area contributed by atoms with Gasteiger partial charge in [0.2, 0.25) is 0 Å². The van der Waals surface area contributed by atoms with E-state index in [2.05, 4.69) is 11.6 Å². The van der Waals surface area contributed by atoms with Crippen molar-refractivity contribution in [1.82, 2.24) is 14.5 Å². The lowest BCUT2D eigenvalue weighted by atomic mass is 10.2. The summed E-state index contributed by atoms with van der Waals surface area (Å²) >= 11 is 3.13. The zero-order chi connectivity index (χ0) is 17.3. The van der Waals surface area contributed by atoms with Gasteiger partial charge in [0.05, 0.1) is 17.6 Å². The Morgan fingerprint density at radius 3 is 2.83 bits per heavy atom. The summed E-state index contributed by atoms with van der Waals surface area (Å²) in [4.78, 5) is 24.2. The minimum Gasteiger partial charge on any atom is -0.281 e. The molecule has 0 atom stereocenters. The van der Waals surface area contributed by atoms with Gasteiger partial charge in [-0.2, -0.15) is 0 Å². The number of fused-ring (bicyclic) bond motifs is 1. The summed E-state index contributed by atoms with van der Waals surface area (Å²) < 4.78 is 1.73. The number of thiophene rings is 1. The number of thioether (sulfide) groups is 1. The van der Waals surface area contributed by atoms with Gasteiger partial charge in [0, 0.05) is 16.8 Å². The summed E-state index contributed by atoms with van der Waals surface area (Å²) in [6, 6.07) is 5.73. The molecule has 0 saturated heterocycles. The highest BCUT2D eigenvalue weighted by atomic mass is 32.2. The first-order valence-corrected chi connectivity index (χ1v) is 9.45. The van der Waals surface area contributed by atoms with Crippen LogP contribution in [0.15, 0.2) is 46.5 Å². The Morgan fingerprint density at radius 2 is 2.17 bits per heavy atom. The summed E-state index contributed by atoms with van der Waals surface area (Å²) in [6.45, 7) is 10.4. The molecule has 0 aliphatic heterocycles. The van der Waals surface area contributed by atoms with Gasteiger partial charge in [-0.3, -0.25) is 14.3 Å². The molecule has 6 heteroatoms. The lowest BCUT2D eigenvalue weighted by Crippen LogP contribution is -2.24. The zero-order valence-corrected chi connectivity index (χ0v) is 15.6. The maximum absolute atomic E-state index is 13.1. The molecule has 0 aromatic carbocycles. The fourth-order valence-corrected chi connectivity index (χ4v) is 4.31. The van der Waals surface area contributed by atoms with Crippen molar-refractivity contribution in [2.45, 2.75) is 32.5 Å². The molecule has 0 saturated carbocycles. The largest absolute Gasteiger partial charge is 0.281 e. The van der Waals surface area contributed by atoms with Gasteiger partial charge in [0.25, 0.3) is 5.56 Å². The van der Waals surface area contributed by atoms with Crippen LogP contribution >= 0.6 is 23.1 Å². The first-order valence-electron chi connectivity index (χ1n) is 7.65. The number of nitrogens with zero attached hydrogens (tertiary/aromatic N) is 3. The van der Waals surface area contributed by atoms with Crippen LogP contribution in [0, 0.1) is 13.8 Å². The third-order valence-electron chi connectivity index (χ3n) is 3.75. The highest BCUT2D eigenvalue weighted by molar-refractivity contribution is 7.99. The van der Waals surface area contributed by atoms with E-state index < -0.39 is 0 Å². The van der Waals surface area contributed by atoms with Gasteiger partial charge >= 0.3 is 0 Å². The fraction of sp³-hybridized carbons (Fsp3) is 0.278. The SMILES string of the molecule is C=C(C)CSc1nc2sc(C)c(C)c2c(=O)n1Cc1ccccn1. The van der Waals surface area contributed by atoms with Gasteiger partial charge in [0.1, 0.15) is 4.83 Å². The second kappa shape index (κ2) is 6.91. The Labute approximate surface area is 149 Å². The minimum atomic E-state index is 0.0109. The molecule has 3 heterocycles. The molecule has 0 amide bonds. The van der Waals surface area contributed by atoms with Crippen molar-refractivity contribution < 1.29 is 0 Å². The summed E-state index contributed by atoms with van der Waals surface area (Å²) in [7, 11) is 0. The first-order chi connectivity index (χ1) is 11.5. The topological polar surface area (TPSA) is 47.8 Å². The molecule has 0 N–H and O–H groups in total. The van der Waals surface area contributed by atoms with Gasteiger partial charge in [-0.1, -0.05) is 30.0 Å². The van der Waals surface area contributed by atoms with Crippen LogP contribution in [-0.2, 0) is 6.54 Å². The van der Waals surface area contributed by atoms with Crippen molar-refractivity contribution in [3.8, 4) is 0 Å². The summed E-state index contributed by atoms with van der Waals surface area (Å²) in [5.74, 6) is 0.740. The van der Waals surface area contributed by atoms with Crippen molar-refractivity contribution in [2.24, 2.45) is 0 Å². The first kappa shape index (κ1) is 16.9. The quantitative estimate of drug-likeness (QED) is 0.390. The van der Waals surface area contributed by atoms with Crippen molar-refractivity contribution in [1.29, 1.82) is 0 Å². The molecular weight excluding hydrogens is 338 g/mol. The molecule has 0 bridgehead atoms. The molecule has 4 nitrogen and oxygen atoms in total. The van der Waals surface area contributed by atoms with Crippen LogP contribution in [0.1, 0.15) is 23.1 Å². The van der Waals surface area contributed by atoms with Crippen LogP contribution in [-0.4, -0.2) is 20.3 Å². The van der Waals surface area contributed by atoms with Gasteiger partial charge < -0.3 is 0 Å². The molecule has 24 heavy (non-hydrogen) atoms. The third-order valence-corrected chi connectivity index (χ3v) is 6.06. The van der Waals surface area contributed by atoms with Gasteiger partial charge in [-0.15, -0.1) is 11.3 Å². The lowest BCUT2D eigenvalue weighted by Gasteiger charge is -2.12. The molecule has 0 aliphatic carbocycles. The smallest absolute Gasteiger partial charge is 0.263 e. The molecule has 3 aromatic heterocycles. The molecule has 0 unspecified atom stereocenters. The number of pyridine rings is 1. The molecule has 0 spiro atoms. The minimum absolute atomic E-state index is 0.0109. The Kier molecular flexibility index (Phi) is 4.87. The molecule has 0 aliphatic rings. The van der Waals surface area contributed by atoms with E-state index in [1.807, 2.05) is 39.0 Å². The zero-order valence-electron chi connectivity index (χ0n) is 14.0. The van der Waals surface area contributed by atoms with Crippen LogP contribution in [0.3, 0.4) is 0 Å². The number of hydrogen-bond acceptors (Lipinski definition) is 5. The molecule has 3 rings (SSSR count). The maximum atomic E-state index is 13.1. The summed E-state index contributed by atoms with van der Waals surface area (Å²) in [5, 5.41) is 1.45. The number of aromatic nitrogens is 3. The van der Waals surface area contributed by atoms with Crippen molar-refractivity contribution in [3.63, 3.8) is 0 Å². The highest BCUT2D eigenvalue weighted by Gasteiger charge is 2.17. The number of hydrogen-bond donors (Lipinski definition) is 0. The Morgan fingerprint density at radius 1 is 1.38 bits per heavy atom. The second-order valence-corrected chi connectivity index (χ2v) is 7.96. The van der Waals surface area contributed by atoms with Gasteiger partial charge in [0.15, 0.2) is 5.16 Å². The van der Waals surface area contributed by atoms with Crippen LogP contribution in [0.4, 0.5) is 0 Å². The standard InChI is InChI=1S/C18H19N3OS2/c1-11(2)10-23-18-20-16-15(12(3)13(4)24-16)17(22)21(18)9-14-7-5-6-8-19-14/h5-8H,1,9-10H2,2-4H3. The second-order valence-electron chi connectivity index (χ2n) is 5.82. The van der Waals surface area contributed by atoms with Gasteiger partial charge in [-0.25, -0.2) is 4.98 Å². The van der Waals surface area contributed by atoms with E-state index in [0.717, 1.165) is 42.8 Å². The molecule has 124 valence electrons. The lowest BCUT2D eigenvalue weighted by molar-refractivity contribution is 0.647. The van der Waals surface area contributed by atoms with E-state index in [0.29, 0.717) is 6.54 Å². The Balaban J connectivity index is 2.16. The highest BCUT2D eigenvalue weighted by Crippen LogP contribution is 2.29. The Bertz CT molecular complexity index is 958. The predicted octanol–water partition coefficient (Wildman–Crippen LogP) is 4.19. The van der Waals surface area contributed by atoms with Crippen LogP contribution in [0.25, 0.3) is 10.2 Å². The van der Waals surface area contributed by atoms with E-state index in [9.17, 15) is 4.79 Å². The van der Waals surface area contributed by atoms with Crippen molar-refractivity contribution in [2.75, 3.05) is 5.75 Å². The molecule has 0 radical (unpaired) electrons. The Hall–Kier alpha value is -1.92. The van der Waals surface area contributed by atoms with Crippen LogP contribution < -0.4 is 5.56 Å². The third kappa shape index (κ3) is 3.30. The van der Waals surface area contributed by atoms with E-state index in [1.54, 1.807) is 33.9 Å². The number of rotatable bonds is 5. The van der Waals surface area contributed by atoms with E-state index in [1.165, 1.54) is 0 Å². The van der Waals surface area contributed by atoms with E-state index >= 15 is 0 Å². The summed E-state index contributed by atoms with van der Waals surface area (Å²) in [6.07, 6.45) is 1.74. The average molecular weight is 358 g/mol.